The zero-order chi connectivity index (χ0) is 23.0. The molecule has 0 bridgehead atoms. The molecule has 3 fully saturated rings. The lowest BCUT2D eigenvalue weighted by Crippen LogP contribution is -2.36. The number of nitrogens with one attached hydrogen (secondary N) is 3. The van der Waals surface area contributed by atoms with E-state index in [1.165, 1.54) is 19.3 Å². The molecule has 6 heteroatoms. The molecule has 1 atom stereocenters. The summed E-state index contributed by atoms with van der Waals surface area (Å²) in [5.41, 5.74) is 1.84. The van der Waals surface area contributed by atoms with Gasteiger partial charge in [0.1, 0.15) is 6.23 Å². The summed E-state index contributed by atoms with van der Waals surface area (Å²) < 4.78 is 0. The first-order valence-electron chi connectivity index (χ1n) is 13.3. The van der Waals surface area contributed by atoms with Crippen molar-refractivity contribution in [2.45, 2.75) is 109 Å². The maximum atomic E-state index is 13.1. The van der Waals surface area contributed by atoms with Crippen molar-refractivity contribution in [2.75, 3.05) is 10.6 Å². The molecule has 1 unspecified atom stereocenters. The van der Waals surface area contributed by atoms with E-state index in [1.54, 1.807) is 12.1 Å². The molecule has 3 aliphatic carbocycles. The largest absolute Gasteiger partial charge is 0.374 e. The van der Waals surface area contributed by atoms with Gasteiger partial charge in [0.2, 0.25) is 5.91 Å². The van der Waals surface area contributed by atoms with Crippen molar-refractivity contribution in [1.29, 1.82) is 0 Å². The van der Waals surface area contributed by atoms with Gasteiger partial charge in [-0.25, -0.2) is 0 Å². The lowest BCUT2D eigenvalue weighted by atomic mass is 9.88. The summed E-state index contributed by atoms with van der Waals surface area (Å²) in [6.07, 6.45) is 15.8. The quantitative estimate of drug-likeness (QED) is 0.404. The molecule has 0 saturated heterocycles. The van der Waals surface area contributed by atoms with Crippen LogP contribution in [0.25, 0.3) is 0 Å². The molecule has 4 N–H and O–H groups in total. The van der Waals surface area contributed by atoms with Crippen molar-refractivity contribution in [2.24, 2.45) is 11.8 Å². The lowest BCUT2D eigenvalue weighted by molar-refractivity contribution is -0.120. The van der Waals surface area contributed by atoms with Crippen molar-refractivity contribution >= 4 is 23.2 Å². The lowest BCUT2D eigenvalue weighted by Gasteiger charge is -2.28. The summed E-state index contributed by atoms with van der Waals surface area (Å²) in [4.78, 5) is 25.9. The minimum Gasteiger partial charge on any atom is -0.374 e. The summed E-state index contributed by atoms with van der Waals surface area (Å²) in [6, 6.07) is 5.65. The second kappa shape index (κ2) is 11.9. The minimum absolute atomic E-state index is 0.0401. The molecular formula is C27H41N3O3. The van der Waals surface area contributed by atoms with E-state index < -0.39 is 6.23 Å². The third kappa shape index (κ3) is 6.95. The van der Waals surface area contributed by atoms with Crippen molar-refractivity contribution in [3.8, 4) is 0 Å². The maximum absolute atomic E-state index is 13.1. The second-order valence-electron chi connectivity index (χ2n) is 10.4. The number of rotatable bonds is 7. The fraction of sp³-hybridized carbons (Fsp3) is 0.704. The number of anilines is 2. The van der Waals surface area contributed by atoms with E-state index in [4.69, 9.17) is 0 Å². The zero-order valence-corrected chi connectivity index (χ0v) is 19.9. The number of aliphatic hydroxyl groups excluding tert-OH is 1. The molecule has 182 valence electrons. The van der Waals surface area contributed by atoms with Gasteiger partial charge in [-0.1, -0.05) is 57.8 Å². The van der Waals surface area contributed by atoms with Gasteiger partial charge in [0, 0.05) is 34.8 Å². The number of benzene rings is 1. The van der Waals surface area contributed by atoms with Gasteiger partial charge in [-0.2, -0.15) is 0 Å². The van der Waals surface area contributed by atoms with Gasteiger partial charge in [-0.3, -0.25) is 9.59 Å². The van der Waals surface area contributed by atoms with E-state index in [1.807, 2.05) is 6.07 Å². The molecule has 1 aromatic carbocycles. The number of carbonyl (C=O) groups is 2. The molecule has 3 saturated carbocycles. The van der Waals surface area contributed by atoms with Gasteiger partial charge in [0.15, 0.2) is 0 Å². The molecule has 6 nitrogen and oxygen atoms in total. The molecule has 0 radical (unpaired) electrons. The van der Waals surface area contributed by atoms with E-state index in [9.17, 15) is 14.7 Å². The predicted octanol–water partition coefficient (Wildman–Crippen LogP) is 5.58. The fourth-order valence-electron chi connectivity index (χ4n) is 5.78. The SMILES string of the molecule is O=C(NC1CCCCC1)c1cc(NC(=O)C2CCCCC2)cc(NC(O)C2CCCCC2)c1. The summed E-state index contributed by atoms with van der Waals surface area (Å²) in [5.74, 6) is 0.200. The van der Waals surface area contributed by atoms with Crippen LogP contribution < -0.4 is 16.0 Å². The van der Waals surface area contributed by atoms with Gasteiger partial charge in [-0.15, -0.1) is 0 Å². The number of carbonyl (C=O) groups excluding carboxylic acids is 2. The molecule has 1 aromatic rings. The Morgan fingerprint density at radius 1 is 0.758 bits per heavy atom. The summed E-state index contributed by atoms with van der Waals surface area (Å²) in [7, 11) is 0. The first-order valence-corrected chi connectivity index (χ1v) is 13.3. The van der Waals surface area contributed by atoms with E-state index in [-0.39, 0.29) is 29.7 Å². The number of amides is 2. The summed E-state index contributed by atoms with van der Waals surface area (Å²) in [5, 5.41) is 20.3. The first kappa shape index (κ1) is 24.1. The molecular weight excluding hydrogens is 414 g/mol. The standard InChI is InChI=1S/C27H41N3O3/c31-25(19-10-4-1-5-11-19)29-23-16-21(27(33)28-22-14-8-3-9-15-22)17-24(18-23)30-26(32)20-12-6-2-7-13-20/h16-20,22,25,29,31H,1-15H2,(H,28,33)(H,30,32). The average molecular weight is 456 g/mol. The molecule has 3 aliphatic rings. The first-order chi connectivity index (χ1) is 16.1. The van der Waals surface area contributed by atoms with Crippen molar-refractivity contribution in [1.82, 2.24) is 5.32 Å². The molecule has 4 rings (SSSR count). The summed E-state index contributed by atoms with van der Waals surface area (Å²) >= 11 is 0. The van der Waals surface area contributed by atoms with Crippen molar-refractivity contribution < 1.29 is 14.7 Å². The monoisotopic (exact) mass is 455 g/mol. The highest BCUT2D eigenvalue weighted by atomic mass is 16.3. The van der Waals surface area contributed by atoms with Gasteiger partial charge in [0.25, 0.3) is 5.91 Å². The van der Waals surface area contributed by atoms with Crippen LogP contribution in [0.1, 0.15) is 107 Å². The van der Waals surface area contributed by atoms with Crippen LogP contribution in [-0.2, 0) is 4.79 Å². The predicted molar refractivity (Wildman–Crippen MR) is 132 cm³/mol. The third-order valence-electron chi connectivity index (χ3n) is 7.79. The van der Waals surface area contributed by atoms with Gasteiger partial charge in [0.05, 0.1) is 0 Å². The van der Waals surface area contributed by atoms with E-state index in [0.29, 0.717) is 16.9 Å². The summed E-state index contributed by atoms with van der Waals surface area (Å²) in [6.45, 7) is 0. The topological polar surface area (TPSA) is 90.5 Å². The normalized spacial score (nSPS) is 21.8. The third-order valence-corrected chi connectivity index (χ3v) is 7.79. The van der Waals surface area contributed by atoms with Crippen LogP contribution in [0.3, 0.4) is 0 Å². The Morgan fingerprint density at radius 3 is 2.00 bits per heavy atom. The van der Waals surface area contributed by atoms with Crippen LogP contribution in [0.15, 0.2) is 18.2 Å². The fourth-order valence-corrected chi connectivity index (χ4v) is 5.78. The molecule has 33 heavy (non-hydrogen) atoms. The Bertz CT molecular complexity index is 794. The van der Waals surface area contributed by atoms with Crippen LogP contribution in [-0.4, -0.2) is 29.2 Å². The molecule has 0 aromatic heterocycles. The van der Waals surface area contributed by atoms with Crippen molar-refractivity contribution in [3.63, 3.8) is 0 Å². The molecule has 0 heterocycles. The van der Waals surface area contributed by atoms with E-state index in [0.717, 1.165) is 77.0 Å². The second-order valence-corrected chi connectivity index (χ2v) is 10.4. The molecule has 2 amide bonds. The molecule has 0 spiro atoms. The highest BCUT2D eigenvalue weighted by Crippen LogP contribution is 2.30. The molecule has 0 aliphatic heterocycles. The average Bonchev–Trinajstić information content (AvgIpc) is 2.85. The van der Waals surface area contributed by atoms with Gasteiger partial charge < -0.3 is 21.1 Å². The highest BCUT2D eigenvalue weighted by Gasteiger charge is 2.24. The van der Waals surface area contributed by atoms with Crippen LogP contribution in [0.4, 0.5) is 11.4 Å². The van der Waals surface area contributed by atoms with Gasteiger partial charge >= 0.3 is 0 Å². The Morgan fingerprint density at radius 2 is 1.33 bits per heavy atom. The van der Waals surface area contributed by atoms with Crippen molar-refractivity contribution in [3.05, 3.63) is 23.8 Å². The number of hydrogen-bond donors (Lipinski definition) is 4. The Kier molecular flexibility index (Phi) is 8.65. The van der Waals surface area contributed by atoms with Crippen LogP contribution >= 0.6 is 0 Å². The Hall–Kier alpha value is -2.08. The zero-order valence-electron chi connectivity index (χ0n) is 19.9. The number of aliphatic hydroxyl groups is 1. The Labute approximate surface area is 198 Å². The highest BCUT2D eigenvalue weighted by molar-refractivity contribution is 5.99. The minimum atomic E-state index is -0.649. The van der Waals surface area contributed by atoms with Gasteiger partial charge in [-0.05, 0) is 56.7 Å². The Balaban J connectivity index is 1.49. The van der Waals surface area contributed by atoms with Crippen LogP contribution in [0.5, 0.6) is 0 Å². The van der Waals surface area contributed by atoms with Crippen LogP contribution in [0, 0.1) is 11.8 Å². The number of hydrogen-bond acceptors (Lipinski definition) is 4. The van der Waals surface area contributed by atoms with E-state index >= 15 is 0 Å². The van der Waals surface area contributed by atoms with Crippen LogP contribution in [0.2, 0.25) is 0 Å². The van der Waals surface area contributed by atoms with E-state index in [2.05, 4.69) is 16.0 Å². The smallest absolute Gasteiger partial charge is 0.251 e. The maximum Gasteiger partial charge on any atom is 0.251 e.